The fourth-order valence-electron chi connectivity index (χ4n) is 1.60. The fourth-order valence-corrected chi connectivity index (χ4v) is 5.49. The maximum absolute atomic E-state index is 12.3. The van der Waals surface area contributed by atoms with Crippen LogP contribution in [0.2, 0.25) is 10.0 Å². The van der Waals surface area contributed by atoms with Crippen molar-refractivity contribution < 1.29 is 8.42 Å². The van der Waals surface area contributed by atoms with Gasteiger partial charge in [-0.2, -0.15) is 0 Å². The van der Waals surface area contributed by atoms with Crippen molar-refractivity contribution in [3.8, 4) is 0 Å². The zero-order valence-corrected chi connectivity index (χ0v) is 15.3. The highest BCUT2D eigenvalue weighted by Gasteiger charge is 2.20. The van der Waals surface area contributed by atoms with Gasteiger partial charge in [0.25, 0.3) is 10.0 Å². The molecule has 0 amide bonds. The summed E-state index contributed by atoms with van der Waals surface area (Å²) >= 11 is 16.5. The van der Waals surface area contributed by atoms with Gasteiger partial charge in [0.05, 0.1) is 15.7 Å². The van der Waals surface area contributed by atoms with E-state index in [0.29, 0.717) is 17.4 Å². The Hall–Kier alpha value is -0.310. The van der Waals surface area contributed by atoms with Crippen molar-refractivity contribution >= 4 is 66.2 Å². The molecule has 0 spiro atoms. The van der Waals surface area contributed by atoms with Crippen molar-refractivity contribution in [1.29, 1.82) is 0 Å². The molecule has 114 valence electrons. The highest BCUT2D eigenvalue weighted by Crippen LogP contribution is 2.36. The summed E-state index contributed by atoms with van der Waals surface area (Å²) in [6, 6.07) is 6.43. The number of hydrogen-bond donors (Lipinski definition) is 2. The first kappa shape index (κ1) is 17.1. The SMILES string of the molecule is NCCc1ccc(S(=O)(=O)Nc2c(Cl)cc(Br)cc2Cl)s1. The van der Waals surface area contributed by atoms with Crippen molar-refractivity contribution in [2.45, 2.75) is 10.6 Å². The molecule has 21 heavy (non-hydrogen) atoms. The number of benzene rings is 1. The molecule has 3 N–H and O–H groups in total. The number of hydrogen-bond acceptors (Lipinski definition) is 4. The highest BCUT2D eigenvalue weighted by molar-refractivity contribution is 9.10. The van der Waals surface area contributed by atoms with Crippen molar-refractivity contribution in [1.82, 2.24) is 0 Å². The van der Waals surface area contributed by atoms with Crippen LogP contribution >= 0.6 is 50.5 Å². The Morgan fingerprint density at radius 2 is 1.86 bits per heavy atom. The Morgan fingerprint density at radius 3 is 2.43 bits per heavy atom. The predicted octanol–water partition coefficient (Wildman–Crippen LogP) is 4.12. The molecule has 4 nitrogen and oxygen atoms in total. The van der Waals surface area contributed by atoms with Crippen molar-refractivity contribution in [2.75, 3.05) is 11.3 Å². The van der Waals surface area contributed by atoms with E-state index in [-0.39, 0.29) is 19.9 Å². The second-order valence-electron chi connectivity index (χ2n) is 4.11. The van der Waals surface area contributed by atoms with E-state index in [9.17, 15) is 8.42 Å². The third-order valence-corrected chi connectivity index (χ3v) is 6.58. The Bertz CT molecular complexity index is 739. The second kappa shape index (κ2) is 6.85. The minimum Gasteiger partial charge on any atom is -0.330 e. The molecule has 0 bridgehead atoms. The summed E-state index contributed by atoms with van der Waals surface area (Å²) in [5, 5.41) is 0.438. The van der Waals surface area contributed by atoms with Gasteiger partial charge < -0.3 is 5.73 Å². The van der Waals surface area contributed by atoms with Crippen LogP contribution in [0.15, 0.2) is 32.9 Å². The minimum atomic E-state index is -3.73. The molecule has 2 aromatic rings. The average molecular weight is 430 g/mol. The quantitative estimate of drug-likeness (QED) is 0.750. The number of rotatable bonds is 5. The lowest BCUT2D eigenvalue weighted by Crippen LogP contribution is -2.12. The van der Waals surface area contributed by atoms with Crippen molar-refractivity contribution in [3.05, 3.63) is 43.7 Å². The molecular weight excluding hydrogens is 419 g/mol. The van der Waals surface area contributed by atoms with Gasteiger partial charge in [0, 0.05) is 9.35 Å². The molecule has 1 aromatic heterocycles. The van der Waals surface area contributed by atoms with Crippen LogP contribution in [0, 0.1) is 0 Å². The number of anilines is 1. The minimum absolute atomic E-state index is 0.162. The molecule has 0 aliphatic heterocycles. The van der Waals surface area contributed by atoms with Gasteiger partial charge in [-0.05, 0) is 37.2 Å². The van der Waals surface area contributed by atoms with E-state index in [4.69, 9.17) is 28.9 Å². The molecule has 9 heteroatoms. The topological polar surface area (TPSA) is 72.2 Å². The summed E-state index contributed by atoms with van der Waals surface area (Å²) in [6.07, 6.45) is 0.639. The monoisotopic (exact) mass is 428 g/mol. The maximum Gasteiger partial charge on any atom is 0.271 e. The van der Waals surface area contributed by atoms with Crippen LogP contribution < -0.4 is 10.5 Å². The van der Waals surface area contributed by atoms with Crippen LogP contribution in [0.1, 0.15) is 4.88 Å². The van der Waals surface area contributed by atoms with E-state index in [1.807, 2.05) is 0 Å². The molecule has 0 fully saturated rings. The summed E-state index contributed by atoms with van der Waals surface area (Å²) in [7, 11) is -3.73. The molecule has 1 heterocycles. The lowest BCUT2D eigenvalue weighted by Gasteiger charge is -2.10. The molecule has 0 unspecified atom stereocenters. The van der Waals surface area contributed by atoms with E-state index >= 15 is 0 Å². The Kier molecular flexibility index (Phi) is 5.56. The summed E-state index contributed by atoms with van der Waals surface area (Å²) in [4.78, 5) is 0.908. The average Bonchev–Trinajstić information content (AvgIpc) is 2.84. The van der Waals surface area contributed by atoms with Gasteiger partial charge in [-0.3, -0.25) is 4.72 Å². The number of halogens is 3. The normalized spacial score (nSPS) is 11.6. The van der Waals surface area contributed by atoms with Gasteiger partial charge in [-0.25, -0.2) is 8.42 Å². The molecule has 1 aromatic carbocycles. The van der Waals surface area contributed by atoms with Gasteiger partial charge in [0.2, 0.25) is 0 Å². The van der Waals surface area contributed by atoms with Crippen LogP contribution in [0.3, 0.4) is 0 Å². The first-order valence-corrected chi connectivity index (χ1v) is 9.64. The lowest BCUT2D eigenvalue weighted by atomic mass is 10.3. The smallest absolute Gasteiger partial charge is 0.271 e. The van der Waals surface area contributed by atoms with Crippen LogP contribution in [0.4, 0.5) is 5.69 Å². The molecule has 2 rings (SSSR count). The molecule has 0 aliphatic rings. The highest BCUT2D eigenvalue weighted by atomic mass is 79.9. The summed E-state index contributed by atoms with van der Waals surface area (Å²) < 4.78 is 28.0. The Balaban J connectivity index is 2.33. The predicted molar refractivity (Wildman–Crippen MR) is 92.0 cm³/mol. The van der Waals surface area contributed by atoms with Gasteiger partial charge >= 0.3 is 0 Å². The number of nitrogens with one attached hydrogen (secondary N) is 1. The van der Waals surface area contributed by atoms with Gasteiger partial charge in [0.15, 0.2) is 0 Å². The first-order chi connectivity index (χ1) is 9.83. The largest absolute Gasteiger partial charge is 0.330 e. The Labute approximate surface area is 145 Å². The van der Waals surface area contributed by atoms with E-state index in [1.54, 1.807) is 24.3 Å². The lowest BCUT2D eigenvalue weighted by molar-refractivity contribution is 0.603. The summed E-state index contributed by atoms with van der Waals surface area (Å²) in [5.74, 6) is 0. The summed E-state index contributed by atoms with van der Waals surface area (Å²) in [5.41, 5.74) is 5.62. The third-order valence-electron chi connectivity index (χ3n) is 2.54. The summed E-state index contributed by atoms with van der Waals surface area (Å²) in [6.45, 7) is 0.470. The van der Waals surface area contributed by atoms with E-state index in [0.717, 1.165) is 4.88 Å². The second-order valence-corrected chi connectivity index (χ2v) is 8.92. The number of nitrogens with two attached hydrogens (primary N) is 1. The molecular formula is C12H11BrCl2N2O2S2. The van der Waals surface area contributed by atoms with Crippen LogP contribution in [0.5, 0.6) is 0 Å². The van der Waals surface area contributed by atoms with Crippen LogP contribution in [-0.4, -0.2) is 15.0 Å². The first-order valence-electron chi connectivity index (χ1n) is 5.79. The zero-order chi connectivity index (χ0) is 15.6. The molecule has 0 radical (unpaired) electrons. The fraction of sp³-hybridized carbons (Fsp3) is 0.167. The van der Waals surface area contributed by atoms with E-state index < -0.39 is 10.0 Å². The van der Waals surface area contributed by atoms with Gasteiger partial charge in [0.1, 0.15) is 4.21 Å². The standard InChI is InChI=1S/C12H11BrCl2N2O2S2/c13-7-5-9(14)12(10(15)6-7)17-21(18,19)11-2-1-8(20-11)3-4-16/h1-2,5-6,17H,3-4,16H2. The molecule has 0 aliphatic carbocycles. The van der Waals surface area contributed by atoms with Crippen molar-refractivity contribution in [3.63, 3.8) is 0 Å². The molecule has 0 saturated heterocycles. The molecule has 0 saturated carbocycles. The Morgan fingerprint density at radius 1 is 1.24 bits per heavy atom. The maximum atomic E-state index is 12.3. The van der Waals surface area contributed by atoms with Gasteiger partial charge in [-0.15, -0.1) is 11.3 Å². The number of sulfonamides is 1. The zero-order valence-electron chi connectivity index (χ0n) is 10.6. The van der Waals surface area contributed by atoms with Crippen molar-refractivity contribution in [2.24, 2.45) is 5.73 Å². The van der Waals surface area contributed by atoms with E-state index in [2.05, 4.69) is 20.7 Å². The number of thiophene rings is 1. The van der Waals surface area contributed by atoms with Gasteiger partial charge in [-0.1, -0.05) is 39.1 Å². The third kappa shape index (κ3) is 4.12. The molecule has 0 atom stereocenters. The van der Waals surface area contributed by atoms with E-state index in [1.165, 1.54) is 11.3 Å². The van der Waals surface area contributed by atoms with Crippen LogP contribution in [-0.2, 0) is 16.4 Å². The van der Waals surface area contributed by atoms with Crippen LogP contribution in [0.25, 0.3) is 0 Å².